The van der Waals surface area contributed by atoms with Crippen LogP contribution in [0.15, 0.2) is 24.3 Å². The van der Waals surface area contributed by atoms with Crippen molar-refractivity contribution in [1.82, 2.24) is 4.90 Å². The molecule has 1 atom stereocenters. The van der Waals surface area contributed by atoms with Gasteiger partial charge in [-0.2, -0.15) is 0 Å². The van der Waals surface area contributed by atoms with Crippen LogP contribution >= 0.6 is 12.4 Å². The Morgan fingerprint density at radius 1 is 1.20 bits per heavy atom. The quantitative estimate of drug-likeness (QED) is 0.641. The average molecular weight is 371 g/mol. The second kappa shape index (κ2) is 12.0. The van der Waals surface area contributed by atoms with E-state index in [0.717, 1.165) is 56.7 Å². The zero-order chi connectivity index (χ0) is 17.2. The molecule has 0 saturated heterocycles. The zero-order valence-electron chi connectivity index (χ0n) is 15.1. The number of amides is 1. The molecule has 142 valence electrons. The number of nitrogens with zero attached hydrogens (tertiary/aromatic N) is 1. The molecule has 1 aliphatic heterocycles. The molecule has 0 fully saturated rings. The lowest BCUT2D eigenvalue weighted by atomic mass is 10.1. The standard InChI is InChI=1S/C19H30N2O3.ClH/c1-2-13-21(19(22)11-5-3-4-8-12-20)14-16-15-23-17-9-6-7-10-18(17)24-16;/h6-7,9-10,16H,2-5,8,11-15,20H2,1H3;1H. The van der Waals surface area contributed by atoms with E-state index in [1.807, 2.05) is 29.2 Å². The SMILES string of the molecule is CCCN(CC1COc2ccccc2O1)C(=O)CCCCCCN.Cl. The Morgan fingerprint density at radius 3 is 2.64 bits per heavy atom. The number of fused-ring (bicyclic) bond motifs is 1. The third kappa shape index (κ3) is 7.12. The van der Waals surface area contributed by atoms with E-state index in [9.17, 15) is 4.79 Å². The molecular weight excluding hydrogens is 340 g/mol. The summed E-state index contributed by atoms with van der Waals surface area (Å²) < 4.78 is 11.7. The van der Waals surface area contributed by atoms with Gasteiger partial charge in [0, 0.05) is 13.0 Å². The highest BCUT2D eigenvalue weighted by molar-refractivity contribution is 5.85. The molecule has 1 aromatic carbocycles. The summed E-state index contributed by atoms with van der Waals surface area (Å²) in [6, 6.07) is 7.67. The van der Waals surface area contributed by atoms with Crippen molar-refractivity contribution < 1.29 is 14.3 Å². The van der Waals surface area contributed by atoms with Crippen LogP contribution in [-0.4, -0.2) is 43.2 Å². The minimum atomic E-state index is -0.104. The van der Waals surface area contributed by atoms with Gasteiger partial charge in [-0.25, -0.2) is 0 Å². The Balaban J connectivity index is 0.00000312. The average Bonchev–Trinajstić information content (AvgIpc) is 2.61. The lowest BCUT2D eigenvalue weighted by molar-refractivity contribution is -0.133. The molecule has 2 rings (SSSR count). The molecule has 0 radical (unpaired) electrons. The van der Waals surface area contributed by atoms with Crippen molar-refractivity contribution in [1.29, 1.82) is 0 Å². The van der Waals surface area contributed by atoms with Crippen LogP contribution in [0.2, 0.25) is 0 Å². The van der Waals surface area contributed by atoms with Crippen LogP contribution in [0.1, 0.15) is 45.4 Å². The summed E-state index contributed by atoms with van der Waals surface area (Å²) in [5, 5.41) is 0. The molecule has 0 aliphatic carbocycles. The van der Waals surface area contributed by atoms with Crippen LogP contribution < -0.4 is 15.2 Å². The molecule has 1 heterocycles. The number of para-hydroxylation sites is 2. The summed E-state index contributed by atoms with van der Waals surface area (Å²) in [4.78, 5) is 14.4. The van der Waals surface area contributed by atoms with Crippen molar-refractivity contribution in [2.24, 2.45) is 5.73 Å². The Hall–Kier alpha value is -1.46. The topological polar surface area (TPSA) is 64.8 Å². The maximum atomic E-state index is 12.5. The number of carbonyl (C=O) groups is 1. The third-order valence-electron chi connectivity index (χ3n) is 4.18. The van der Waals surface area contributed by atoms with E-state index in [2.05, 4.69) is 6.92 Å². The highest BCUT2D eigenvalue weighted by atomic mass is 35.5. The molecule has 0 bridgehead atoms. The molecule has 0 saturated carbocycles. The lowest BCUT2D eigenvalue weighted by Crippen LogP contribution is -2.44. The summed E-state index contributed by atoms with van der Waals surface area (Å²) in [5.74, 6) is 1.76. The summed E-state index contributed by atoms with van der Waals surface area (Å²) >= 11 is 0. The normalized spacial score (nSPS) is 15.4. The van der Waals surface area contributed by atoms with Gasteiger partial charge in [0.05, 0.1) is 6.54 Å². The lowest BCUT2D eigenvalue weighted by Gasteiger charge is -2.31. The van der Waals surface area contributed by atoms with Crippen LogP contribution in [0, 0.1) is 0 Å². The minimum Gasteiger partial charge on any atom is -0.486 e. The van der Waals surface area contributed by atoms with E-state index in [4.69, 9.17) is 15.2 Å². The highest BCUT2D eigenvalue weighted by Crippen LogP contribution is 2.31. The summed E-state index contributed by atoms with van der Waals surface area (Å²) in [5.41, 5.74) is 5.50. The molecule has 25 heavy (non-hydrogen) atoms. The van der Waals surface area contributed by atoms with E-state index in [1.165, 1.54) is 0 Å². The Morgan fingerprint density at radius 2 is 1.92 bits per heavy atom. The van der Waals surface area contributed by atoms with Gasteiger partial charge in [0.25, 0.3) is 0 Å². The second-order valence-electron chi connectivity index (χ2n) is 6.29. The molecule has 1 aromatic rings. The molecule has 1 aliphatic rings. The van der Waals surface area contributed by atoms with Gasteiger partial charge in [0.15, 0.2) is 17.6 Å². The van der Waals surface area contributed by atoms with Crippen LogP contribution in [0.5, 0.6) is 11.5 Å². The molecular formula is C19H31ClN2O3. The first-order valence-electron chi connectivity index (χ1n) is 9.11. The van der Waals surface area contributed by atoms with E-state index < -0.39 is 0 Å². The number of hydrogen-bond acceptors (Lipinski definition) is 4. The van der Waals surface area contributed by atoms with Crippen molar-refractivity contribution in [2.45, 2.75) is 51.6 Å². The number of rotatable bonds is 10. The van der Waals surface area contributed by atoms with Crippen molar-refractivity contribution in [3.8, 4) is 11.5 Å². The number of carbonyl (C=O) groups excluding carboxylic acids is 1. The number of hydrogen-bond donors (Lipinski definition) is 1. The number of benzene rings is 1. The predicted molar refractivity (Wildman–Crippen MR) is 103 cm³/mol. The first-order valence-corrected chi connectivity index (χ1v) is 9.11. The van der Waals surface area contributed by atoms with Crippen LogP contribution in [0.25, 0.3) is 0 Å². The van der Waals surface area contributed by atoms with Gasteiger partial charge in [0.2, 0.25) is 5.91 Å². The van der Waals surface area contributed by atoms with Gasteiger partial charge in [0.1, 0.15) is 6.61 Å². The zero-order valence-corrected chi connectivity index (χ0v) is 15.9. The van der Waals surface area contributed by atoms with Gasteiger partial charge >= 0.3 is 0 Å². The van der Waals surface area contributed by atoms with Gasteiger partial charge in [-0.3, -0.25) is 4.79 Å². The smallest absolute Gasteiger partial charge is 0.222 e. The van der Waals surface area contributed by atoms with Gasteiger partial charge in [-0.15, -0.1) is 12.4 Å². The first kappa shape index (κ1) is 21.6. The summed E-state index contributed by atoms with van der Waals surface area (Å²) in [6.07, 6.45) is 5.60. The van der Waals surface area contributed by atoms with Crippen molar-refractivity contribution in [3.05, 3.63) is 24.3 Å². The number of ether oxygens (including phenoxy) is 2. The molecule has 0 aromatic heterocycles. The maximum absolute atomic E-state index is 12.5. The van der Waals surface area contributed by atoms with Crippen LogP contribution in [-0.2, 0) is 4.79 Å². The minimum absolute atomic E-state index is 0. The first-order chi connectivity index (χ1) is 11.7. The third-order valence-corrected chi connectivity index (χ3v) is 4.18. The molecule has 2 N–H and O–H groups in total. The molecule has 1 unspecified atom stereocenters. The van der Waals surface area contributed by atoms with Crippen LogP contribution in [0.3, 0.4) is 0 Å². The fourth-order valence-corrected chi connectivity index (χ4v) is 2.92. The molecule has 5 nitrogen and oxygen atoms in total. The van der Waals surface area contributed by atoms with Gasteiger partial charge in [-0.1, -0.05) is 31.9 Å². The number of nitrogens with two attached hydrogens (primary N) is 1. The fourth-order valence-electron chi connectivity index (χ4n) is 2.92. The van der Waals surface area contributed by atoms with Gasteiger partial charge < -0.3 is 20.1 Å². The fraction of sp³-hybridized carbons (Fsp3) is 0.632. The predicted octanol–water partition coefficient (Wildman–Crippen LogP) is 3.40. The number of unbranched alkanes of at least 4 members (excludes halogenated alkanes) is 3. The highest BCUT2D eigenvalue weighted by Gasteiger charge is 2.24. The largest absolute Gasteiger partial charge is 0.486 e. The monoisotopic (exact) mass is 370 g/mol. The molecule has 0 spiro atoms. The van der Waals surface area contributed by atoms with Crippen molar-refractivity contribution in [3.63, 3.8) is 0 Å². The second-order valence-corrected chi connectivity index (χ2v) is 6.29. The maximum Gasteiger partial charge on any atom is 0.222 e. The summed E-state index contributed by atoms with van der Waals surface area (Å²) in [6.45, 7) is 4.67. The van der Waals surface area contributed by atoms with E-state index in [0.29, 0.717) is 19.6 Å². The summed E-state index contributed by atoms with van der Waals surface area (Å²) in [7, 11) is 0. The van der Waals surface area contributed by atoms with E-state index >= 15 is 0 Å². The van der Waals surface area contributed by atoms with Gasteiger partial charge in [-0.05, 0) is 37.9 Å². The van der Waals surface area contributed by atoms with E-state index in [-0.39, 0.29) is 24.4 Å². The molecule has 6 heteroatoms. The van der Waals surface area contributed by atoms with E-state index in [1.54, 1.807) is 0 Å². The Kier molecular flexibility index (Phi) is 10.3. The van der Waals surface area contributed by atoms with Crippen molar-refractivity contribution in [2.75, 3.05) is 26.2 Å². The van der Waals surface area contributed by atoms with Crippen LogP contribution in [0.4, 0.5) is 0 Å². The molecule has 1 amide bonds. The van der Waals surface area contributed by atoms with Crippen molar-refractivity contribution >= 4 is 18.3 Å². The Bertz CT molecular complexity index is 513. The number of halogens is 1. The Labute approximate surface area is 157 Å².